The SMILES string of the molecule is OC1CCN(c2ccccc2)CC1O. The van der Waals surface area contributed by atoms with Crippen LogP contribution in [0.4, 0.5) is 5.69 Å². The number of β-amino-alcohol motifs (C(OH)–C–C–N with tert-alkyl or cyclic N) is 1. The van der Waals surface area contributed by atoms with E-state index < -0.39 is 12.2 Å². The molecule has 1 heterocycles. The first kappa shape index (κ1) is 9.49. The van der Waals surface area contributed by atoms with E-state index in [1.165, 1.54) is 0 Å². The highest BCUT2D eigenvalue weighted by Gasteiger charge is 2.25. The maximum absolute atomic E-state index is 9.52. The van der Waals surface area contributed by atoms with Crippen LogP contribution in [0.15, 0.2) is 30.3 Å². The lowest BCUT2D eigenvalue weighted by molar-refractivity contribution is 0.00802. The number of piperidine rings is 1. The van der Waals surface area contributed by atoms with Crippen LogP contribution in [-0.2, 0) is 0 Å². The Hall–Kier alpha value is -1.06. The van der Waals surface area contributed by atoms with Gasteiger partial charge in [0.2, 0.25) is 0 Å². The topological polar surface area (TPSA) is 43.7 Å². The summed E-state index contributed by atoms with van der Waals surface area (Å²) < 4.78 is 0. The molecule has 0 aliphatic carbocycles. The van der Waals surface area contributed by atoms with Gasteiger partial charge in [0.05, 0.1) is 12.2 Å². The van der Waals surface area contributed by atoms with Crippen LogP contribution >= 0.6 is 0 Å². The number of hydrogen-bond acceptors (Lipinski definition) is 3. The Bertz CT molecular complexity index is 289. The zero-order chi connectivity index (χ0) is 9.97. The van der Waals surface area contributed by atoms with Crippen molar-refractivity contribution in [3.63, 3.8) is 0 Å². The van der Waals surface area contributed by atoms with Crippen molar-refractivity contribution < 1.29 is 10.2 Å². The Morgan fingerprint density at radius 3 is 2.43 bits per heavy atom. The second-order valence-corrected chi connectivity index (χ2v) is 3.70. The van der Waals surface area contributed by atoms with Gasteiger partial charge in [-0.3, -0.25) is 0 Å². The Morgan fingerprint density at radius 2 is 1.79 bits per heavy atom. The van der Waals surface area contributed by atoms with E-state index in [9.17, 15) is 10.2 Å². The summed E-state index contributed by atoms with van der Waals surface area (Å²) >= 11 is 0. The molecule has 2 atom stereocenters. The first-order valence-electron chi connectivity index (χ1n) is 4.93. The predicted molar refractivity (Wildman–Crippen MR) is 55.3 cm³/mol. The Balaban J connectivity index is 2.07. The summed E-state index contributed by atoms with van der Waals surface area (Å²) in [5.74, 6) is 0. The predicted octanol–water partition coefficient (Wildman–Crippen LogP) is 0.619. The molecule has 0 bridgehead atoms. The lowest BCUT2D eigenvalue weighted by Crippen LogP contribution is -2.46. The summed E-state index contributed by atoms with van der Waals surface area (Å²) in [5, 5.41) is 18.9. The zero-order valence-corrected chi connectivity index (χ0v) is 8.00. The molecule has 1 aliphatic heterocycles. The summed E-state index contributed by atoms with van der Waals surface area (Å²) in [4.78, 5) is 2.09. The second-order valence-electron chi connectivity index (χ2n) is 3.70. The van der Waals surface area contributed by atoms with Crippen molar-refractivity contribution in [3.05, 3.63) is 30.3 Å². The minimum atomic E-state index is -0.621. The highest BCUT2D eigenvalue weighted by molar-refractivity contribution is 5.46. The molecular formula is C11H15NO2. The fraction of sp³-hybridized carbons (Fsp3) is 0.455. The van der Waals surface area contributed by atoms with E-state index in [0.717, 1.165) is 12.2 Å². The number of nitrogens with zero attached hydrogens (tertiary/aromatic N) is 1. The van der Waals surface area contributed by atoms with E-state index in [-0.39, 0.29) is 0 Å². The fourth-order valence-corrected chi connectivity index (χ4v) is 1.79. The third-order valence-corrected chi connectivity index (χ3v) is 2.67. The number of rotatable bonds is 1. The molecule has 2 unspecified atom stereocenters. The Kier molecular flexibility index (Phi) is 2.70. The van der Waals surface area contributed by atoms with Gasteiger partial charge >= 0.3 is 0 Å². The lowest BCUT2D eigenvalue weighted by atomic mass is 10.0. The van der Waals surface area contributed by atoms with Crippen molar-refractivity contribution in [2.45, 2.75) is 18.6 Å². The van der Waals surface area contributed by atoms with Crippen molar-refractivity contribution in [3.8, 4) is 0 Å². The Morgan fingerprint density at radius 1 is 1.07 bits per heavy atom. The molecule has 2 rings (SSSR count). The number of hydrogen-bond donors (Lipinski definition) is 2. The minimum Gasteiger partial charge on any atom is -0.390 e. The van der Waals surface area contributed by atoms with Crippen LogP contribution in [0.3, 0.4) is 0 Å². The zero-order valence-electron chi connectivity index (χ0n) is 8.00. The van der Waals surface area contributed by atoms with Crippen LogP contribution in [0.1, 0.15) is 6.42 Å². The second kappa shape index (κ2) is 3.98. The third kappa shape index (κ3) is 1.89. The van der Waals surface area contributed by atoms with Crippen LogP contribution in [0.2, 0.25) is 0 Å². The minimum absolute atomic E-state index is 0.519. The number of anilines is 1. The average Bonchev–Trinajstić information content (AvgIpc) is 2.23. The monoisotopic (exact) mass is 193 g/mol. The number of aliphatic hydroxyl groups excluding tert-OH is 2. The van der Waals surface area contributed by atoms with Gasteiger partial charge in [0, 0.05) is 18.8 Å². The molecule has 14 heavy (non-hydrogen) atoms. The molecule has 1 aromatic carbocycles. The van der Waals surface area contributed by atoms with Crippen LogP contribution in [0.5, 0.6) is 0 Å². The molecule has 2 N–H and O–H groups in total. The molecule has 3 nitrogen and oxygen atoms in total. The van der Waals surface area contributed by atoms with Crippen LogP contribution < -0.4 is 4.90 Å². The molecule has 76 valence electrons. The van der Waals surface area contributed by atoms with Gasteiger partial charge in [0.25, 0.3) is 0 Å². The molecule has 0 amide bonds. The number of aliphatic hydroxyl groups is 2. The molecule has 1 aliphatic rings. The molecule has 0 spiro atoms. The normalized spacial score (nSPS) is 27.7. The van der Waals surface area contributed by atoms with E-state index in [2.05, 4.69) is 4.90 Å². The van der Waals surface area contributed by atoms with Gasteiger partial charge in [-0.25, -0.2) is 0 Å². The van der Waals surface area contributed by atoms with Gasteiger partial charge in [0.15, 0.2) is 0 Å². The van der Waals surface area contributed by atoms with Crippen molar-refractivity contribution >= 4 is 5.69 Å². The van der Waals surface area contributed by atoms with E-state index in [4.69, 9.17) is 0 Å². The molecule has 0 radical (unpaired) electrons. The average molecular weight is 193 g/mol. The highest BCUT2D eigenvalue weighted by Crippen LogP contribution is 2.19. The van der Waals surface area contributed by atoms with Crippen molar-refractivity contribution in [2.24, 2.45) is 0 Å². The lowest BCUT2D eigenvalue weighted by Gasteiger charge is -2.34. The van der Waals surface area contributed by atoms with Crippen LogP contribution in [0.25, 0.3) is 0 Å². The van der Waals surface area contributed by atoms with Gasteiger partial charge in [-0.1, -0.05) is 18.2 Å². The standard InChI is InChI=1S/C11H15NO2/c13-10-6-7-12(8-11(10)14)9-4-2-1-3-5-9/h1-5,10-11,13-14H,6-8H2. The number of benzene rings is 1. The van der Waals surface area contributed by atoms with Crippen LogP contribution in [-0.4, -0.2) is 35.5 Å². The molecule has 0 saturated carbocycles. The van der Waals surface area contributed by atoms with Crippen molar-refractivity contribution in [2.75, 3.05) is 18.0 Å². The molecule has 1 saturated heterocycles. The first-order chi connectivity index (χ1) is 6.77. The van der Waals surface area contributed by atoms with Gasteiger partial charge in [-0.05, 0) is 18.6 Å². The molecule has 3 heteroatoms. The summed E-state index contributed by atoms with van der Waals surface area (Å²) in [6.07, 6.45) is -0.547. The summed E-state index contributed by atoms with van der Waals surface area (Å²) in [6.45, 7) is 1.33. The van der Waals surface area contributed by atoms with E-state index in [0.29, 0.717) is 13.0 Å². The summed E-state index contributed by atoms with van der Waals surface area (Å²) in [6, 6.07) is 9.97. The van der Waals surface area contributed by atoms with Crippen LogP contribution in [0, 0.1) is 0 Å². The van der Waals surface area contributed by atoms with Gasteiger partial charge in [-0.15, -0.1) is 0 Å². The van der Waals surface area contributed by atoms with E-state index in [1.807, 2.05) is 30.3 Å². The van der Waals surface area contributed by atoms with E-state index >= 15 is 0 Å². The third-order valence-electron chi connectivity index (χ3n) is 2.67. The van der Waals surface area contributed by atoms with Gasteiger partial charge in [-0.2, -0.15) is 0 Å². The maximum atomic E-state index is 9.52. The smallest absolute Gasteiger partial charge is 0.0974 e. The first-order valence-corrected chi connectivity index (χ1v) is 4.93. The highest BCUT2D eigenvalue weighted by atomic mass is 16.3. The van der Waals surface area contributed by atoms with Gasteiger partial charge in [0.1, 0.15) is 0 Å². The van der Waals surface area contributed by atoms with Crippen molar-refractivity contribution in [1.29, 1.82) is 0 Å². The summed E-state index contributed by atoms with van der Waals surface area (Å²) in [5.41, 5.74) is 1.11. The molecule has 1 aromatic rings. The van der Waals surface area contributed by atoms with Gasteiger partial charge < -0.3 is 15.1 Å². The fourth-order valence-electron chi connectivity index (χ4n) is 1.79. The van der Waals surface area contributed by atoms with E-state index in [1.54, 1.807) is 0 Å². The maximum Gasteiger partial charge on any atom is 0.0974 e. The quantitative estimate of drug-likeness (QED) is 0.687. The molecular weight excluding hydrogens is 178 g/mol. The number of para-hydroxylation sites is 1. The molecule has 1 fully saturated rings. The Labute approximate surface area is 83.6 Å². The summed E-state index contributed by atoms with van der Waals surface area (Å²) in [7, 11) is 0. The van der Waals surface area contributed by atoms with Crippen molar-refractivity contribution in [1.82, 2.24) is 0 Å². The molecule has 0 aromatic heterocycles. The largest absolute Gasteiger partial charge is 0.390 e.